The van der Waals surface area contributed by atoms with Gasteiger partial charge in [0, 0.05) is 6.61 Å². The van der Waals surface area contributed by atoms with Crippen molar-refractivity contribution in [1.82, 2.24) is 0 Å². The highest BCUT2D eigenvalue weighted by Gasteiger charge is 2.27. The Bertz CT molecular complexity index is 352. The van der Waals surface area contributed by atoms with Gasteiger partial charge >= 0.3 is 0 Å². The second-order valence-corrected chi connectivity index (χ2v) is 7.55. The van der Waals surface area contributed by atoms with Crippen molar-refractivity contribution in [2.45, 2.75) is 58.7 Å². The van der Waals surface area contributed by atoms with E-state index in [4.69, 9.17) is 9.29 Å². The molecule has 0 aromatic carbocycles. The van der Waals surface area contributed by atoms with Crippen LogP contribution in [0.4, 0.5) is 0 Å². The molecule has 0 bridgehead atoms. The minimum absolute atomic E-state index is 0.179. The van der Waals surface area contributed by atoms with E-state index in [9.17, 15) is 18.6 Å². The van der Waals surface area contributed by atoms with Crippen LogP contribution >= 0.6 is 0 Å². The van der Waals surface area contributed by atoms with Gasteiger partial charge in [-0.15, -0.1) is 0 Å². The fraction of sp³-hybridized carbons (Fsp3) is 1.00. The first-order valence-corrected chi connectivity index (χ1v) is 8.55. The SMILES string of the molecule is CCCCOCC(O)CC(C)(C)CC(O)CS(=O)(=O)O. The molecule has 6 nitrogen and oxygen atoms in total. The number of unbranched alkanes of at least 4 members (excludes halogenated alkanes) is 1. The molecule has 7 heteroatoms. The number of aliphatic hydroxyl groups is 2. The average molecular weight is 312 g/mol. The van der Waals surface area contributed by atoms with E-state index >= 15 is 0 Å². The zero-order valence-corrected chi connectivity index (χ0v) is 13.4. The highest BCUT2D eigenvalue weighted by Crippen LogP contribution is 2.29. The maximum absolute atomic E-state index is 10.7. The number of rotatable bonds is 11. The summed E-state index contributed by atoms with van der Waals surface area (Å²) in [5.41, 5.74) is -0.447. The van der Waals surface area contributed by atoms with Crippen molar-refractivity contribution in [2.75, 3.05) is 19.0 Å². The molecule has 0 rings (SSSR count). The topological polar surface area (TPSA) is 104 Å². The average Bonchev–Trinajstić information content (AvgIpc) is 2.19. The molecule has 20 heavy (non-hydrogen) atoms. The Morgan fingerprint density at radius 3 is 2.20 bits per heavy atom. The van der Waals surface area contributed by atoms with E-state index in [1.54, 1.807) is 0 Å². The molecular formula is C13H28O6S. The summed E-state index contributed by atoms with van der Waals surface area (Å²) in [6.45, 7) is 6.56. The molecule has 0 spiro atoms. The molecule has 0 heterocycles. The number of hydrogen-bond acceptors (Lipinski definition) is 5. The van der Waals surface area contributed by atoms with Crippen LogP contribution in [0.3, 0.4) is 0 Å². The van der Waals surface area contributed by atoms with Crippen LogP contribution < -0.4 is 0 Å². The van der Waals surface area contributed by atoms with Crippen molar-refractivity contribution >= 4 is 10.1 Å². The highest BCUT2D eigenvalue weighted by molar-refractivity contribution is 7.85. The summed E-state index contributed by atoms with van der Waals surface area (Å²) in [6.07, 6.45) is 0.751. The van der Waals surface area contributed by atoms with E-state index in [2.05, 4.69) is 6.92 Å². The number of ether oxygens (including phenoxy) is 1. The van der Waals surface area contributed by atoms with Gasteiger partial charge in [-0.05, 0) is 24.7 Å². The number of hydrogen-bond donors (Lipinski definition) is 3. The van der Waals surface area contributed by atoms with Crippen molar-refractivity contribution in [1.29, 1.82) is 0 Å². The third-order valence-electron chi connectivity index (χ3n) is 2.93. The van der Waals surface area contributed by atoms with Crippen LogP contribution in [-0.2, 0) is 14.9 Å². The minimum Gasteiger partial charge on any atom is -0.392 e. The Hall–Kier alpha value is -0.210. The molecule has 0 aromatic rings. The molecule has 0 aliphatic rings. The van der Waals surface area contributed by atoms with E-state index in [1.165, 1.54) is 0 Å². The Balaban J connectivity index is 4.09. The largest absolute Gasteiger partial charge is 0.392 e. The summed E-state index contributed by atoms with van der Waals surface area (Å²) < 4.78 is 35.4. The molecular weight excluding hydrogens is 284 g/mol. The van der Waals surface area contributed by atoms with Gasteiger partial charge in [-0.2, -0.15) is 8.42 Å². The van der Waals surface area contributed by atoms with E-state index in [0.29, 0.717) is 13.0 Å². The molecule has 0 radical (unpaired) electrons. The maximum atomic E-state index is 10.7. The maximum Gasteiger partial charge on any atom is 0.267 e. The molecule has 0 aliphatic carbocycles. The molecule has 0 saturated carbocycles. The van der Waals surface area contributed by atoms with Gasteiger partial charge in [-0.3, -0.25) is 4.55 Å². The van der Waals surface area contributed by atoms with Crippen LogP contribution in [0.1, 0.15) is 46.5 Å². The molecule has 3 N–H and O–H groups in total. The second kappa shape index (κ2) is 8.94. The fourth-order valence-electron chi connectivity index (χ4n) is 2.19. The summed E-state index contributed by atoms with van der Waals surface area (Å²) in [5.74, 6) is -0.681. The van der Waals surface area contributed by atoms with Crippen LogP contribution in [0.5, 0.6) is 0 Å². The van der Waals surface area contributed by atoms with Gasteiger partial charge in [0.05, 0.1) is 18.8 Å². The van der Waals surface area contributed by atoms with Gasteiger partial charge in [0.2, 0.25) is 0 Å². The van der Waals surface area contributed by atoms with Gasteiger partial charge in [0.25, 0.3) is 10.1 Å². The zero-order valence-electron chi connectivity index (χ0n) is 12.6. The quantitative estimate of drug-likeness (QED) is 0.391. The van der Waals surface area contributed by atoms with Gasteiger partial charge in [-0.1, -0.05) is 27.2 Å². The van der Waals surface area contributed by atoms with E-state index in [0.717, 1.165) is 12.8 Å². The van der Waals surface area contributed by atoms with E-state index < -0.39 is 33.5 Å². The molecule has 122 valence electrons. The van der Waals surface area contributed by atoms with Gasteiger partial charge in [-0.25, -0.2) is 0 Å². The molecule has 0 aliphatic heterocycles. The zero-order chi connectivity index (χ0) is 15.8. The molecule has 2 atom stereocenters. The predicted molar refractivity (Wildman–Crippen MR) is 77.2 cm³/mol. The van der Waals surface area contributed by atoms with Crippen LogP contribution in [0.25, 0.3) is 0 Å². The van der Waals surface area contributed by atoms with E-state index in [-0.39, 0.29) is 13.0 Å². The Morgan fingerprint density at radius 2 is 1.70 bits per heavy atom. The van der Waals surface area contributed by atoms with Crippen LogP contribution in [0.2, 0.25) is 0 Å². The van der Waals surface area contributed by atoms with E-state index in [1.807, 2.05) is 13.8 Å². The first kappa shape index (κ1) is 19.8. The molecule has 0 amide bonds. The second-order valence-electron chi connectivity index (χ2n) is 6.06. The normalized spacial score (nSPS) is 16.1. The molecule has 0 aromatic heterocycles. The standard InChI is InChI=1S/C13H28O6S/c1-4-5-6-19-9-11(14)7-13(2,3)8-12(15)10-20(16,17)18/h11-12,14-15H,4-10H2,1-3H3,(H,16,17,18). The summed E-state index contributed by atoms with van der Waals surface area (Å²) in [7, 11) is -4.18. The predicted octanol–water partition coefficient (Wildman–Crippen LogP) is 1.22. The monoisotopic (exact) mass is 312 g/mol. The van der Waals surface area contributed by atoms with Gasteiger partial charge in [0.15, 0.2) is 0 Å². The van der Waals surface area contributed by atoms with Gasteiger partial charge in [0.1, 0.15) is 5.75 Å². The Labute approximate surface area is 121 Å². The fourth-order valence-corrected chi connectivity index (χ4v) is 2.79. The van der Waals surface area contributed by atoms with Crippen molar-refractivity contribution in [3.05, 3.63) is 0 Å². The molecule has 0 fully saturated rings. The van der Waals surface area contributed by atoms with Crippen molar-refractivity contribution in [3.8, 4) is 0 Å². The lowest BCUT2D eigenvalue weighted by molar-refractivity contribution is 0.00430. The van der Waals surface area contributed by atoms with Crippen LogP contribution in [-0.4, -0.2) is 54.4 Å². The highest BCUT2D eigenvalue weighted by atomic mass is 32.2. The lowest BCUT2D eigenvalue weighted by atomic mass is 9.82. The Morgan fingerprint density at radius 1 is 1.15 bits per heavy atom. The third kappa shape index (κ3) is 11.6. The first-order valence-electron chi connectivity index (χ1n) is 6.95. The Kier molecular flexibility index (Phi) is 8.85. The minimum atomic E-state index is -4.18. The van der Waals surface area contributed by atoms with Gasteiger partial charge < -0.3 is 14.9 Å². The molecule has 2 unspecified atom stereocenters. The number of aliphatic hydroxyl groups excluding tert-OH is 2. The summed E-state index contributed by atoms with van der Waals surface area (Å²) in [5, 5.41) is 19.5. The van der Waals surface area contributed by atoms with Crippen molar-refractivity contribution in [2.24, 2.45) is 5.41 Å². The third-order valence-corrected chi connectivity index (χ3v) is 3.74. The lowest BCUT2D eigenvalue weighted by Gasteiger charge is -2.29. The van der Waals surface area contributed by atoms with Crippen LogP contribution in [0, 0.1) is 5.41 Å². The molecule has 0 saturated heterocycles. The lowest BCUT2D eigenvalue weighted by Crippen LogP contribution is -2.31. The van der Waals surface area contributed by atoms with Crippen molar-refractivity contribution in [3.63, 3.8) is 0 Å². The first-order chi connectivity index (χ1) is 9.06. The van der Waals surface area contributed by atoms with Crippen molar-refractivity contribution < 1.29 is 27.9 Å². The van der Waals surface area contributed by atoms with Crippen LogP contribution in [0.15, 0.2) is 0 Å². The summed E-state index contributed by atoms with van der Waals surface area (Å²) in [6, 6.07) is 0. The summed E-state index contributed by atoms with van der Waals surface area (Å²) in [4.78, 5) is 0. The smallest absolute Gasteiger partial charge is 0.267 e. The summed E-state index contributed by atoms with van der Waals surface area (Å²) >= 11 is 0.